The topological polar surface area (TPSA) is 3.24 Å². The Morgan fingerprint density at radius 2 is 2.06 bits per heavy atom. The molecule has 0 saturated carbocycles. The van der Waals surface area contributed by atoms with Crippen LogP contribution >= 0.6 is 11.6 Å². The maximum absolute atomic E-state index is 5.77. The van der Waals surface area contributed by atoms with Crippen molar-refractivity contribution in [2.75, 3.05) is 19.0 Å². The molecule has 0 aromatic heterocycles. The predicted octanol–water partition coefficient (Wildman–Crippen LogP) is 2.79. The van der Waals surface area contributed by atoms with E-state index in [2.05, 4.69) is 42.0 Å². The monoisotopic (exact) mass is 235 g/mol. The van der Waals surface area contributed by atoms with Crippen LogP contribution in [0.25, 0.3) is 0 Å². The summed E-state index contributed by atoms with van der Waals surface area (Å²) in [5.74, 6) is 3.31. The highest BCUT2D eigenvalue weighted by molar-refractivity contribution is 6.18. The molecule has 0 heterocycles. The van der Waals surface area contributed by atoms with Gasteiger partial charge in [-0.25, -0.2) is 0 Å². The van der Waals surface area contributed by atoms with Crippen LogP contribution in [0.3, 0.4) is 0 Å². The molecule has 1 atom stereocenters. The SMILES string of the molecule is C#CCN(CCCl)C(C)Cc1ccccc1. The minimum Gasteiger partial charge on any atom is -0.288 e. The molecule has 0 N–H and O–H groups in total. The second-order valence-electron chi connectivity index (χ2n) is 3.90. The molecule has 0 amide bonds. The van der Waals surface area contributed by atoms with Crippen molar-refractivity contribution in [2.45, 2.75) is 19.4 Å². The lowest BCUT2D eigenvalue weighted by molar-refractivity contribution is 0.247. The van der Waals surface area contributed by atoms with Gasteiger partial charge in [0, 0.05) is 18.5 Å². The van der Waals surface area contributed by atoms with E-state index in [9.17, 15) is 0 Å². The molecule has 0 fully saturated rings. The Bertz CT molecular complexity index is 328. The molecule has 0 spiro atoms. The number of rotatable bonds is 6. The van der Waals surface area contributed by atoms with Gasteiger partial charge in [0.25, 0.3) is 0 Å². The summed E-state index contributed by atoms with van der Waals surface area (Å²) in [7, 11) is 0. The average molecular weight is 236 g/mol. The molecule has 1 unspecified atom stereocenters. The van der Waals surface area contributed by atoms with Crippen LogP contribution in [0.4, 0.5) is 0 Å². The predicted molar refractivity (Wildman–Crippen MR) is 70.7 cm³/mol. The van der Waals surface area contributed by atoms with Gasteiger partial charge < -0.3 is 0 Å². The number of nitrogens with zero attached hydrogens (tertiary/aromatic N) is 1. The Hall–Kier alpha value is -0.970. The third-order valence-electron chi connectivity index (χ3n) is 2.66. The van der Waals surface area contributed by atoms with Gasteiger partial charge in [-0.1, -0.05) is 36.3 Å². The molecule has 2 heteroatoms. The van der Waals surface area contributed by atoms with Gasteiger partial charge in [0.15, 0.2) is 0 Å². The van der Waals surface area contributed by atoms with Gasteiger partial charge in [0.05, 0.1) is 6.54 Å². The van der Waals surface area contributed by atoms with Gasteiger partial charge in [0.1, 0.15) is 0 Å². The Balaban J connectivity index is 2.55. The summed E-state index contributed by atoms with van der Waals surface area (Å²) in [6.07, 6.45) is 6.37. The van der Waals surface area contributed by atoms with E-state index in [1.54, 1.807) is 0 Å². The normalized spacial score (nSPS) is 12.4. The van der Waals surface area contributed by atoms with E-state index in [1.165, 1.54) is 5.56 Å². The van der Waals surface area contributed by atoms with Crippen molar-refractivity contribution in [1.82, 2.24) is 4.90 Å². The maximum atomic E-state index is 5.77. The molecule has 86 valence electrons. The van der Waals surface area contributed by atoms with Gasteiger partial charge in [0.2, 0.25) is 0 Å². The molecule has 0 aliphatic carbocycles. The van der Waals surface area contributed by atoms with Gasteiger partial charge in [-0.2, -0.15) is 0 Å². The Morgan fingerprint density at radius 1 is 1.38 bits per heavy atom. The molecule has 0 radical (unpaired) electrons. The summed E-state index contributed by atoms with van der Waals surface area (Å²) in [4.78, 5) is 2.24. The lowest BCUT2D eigenvalue weighted by Crippen LogP contribution is -2.36. The molecule has 0 aliphatic heterocycles. The fraction of sp³-hybridized carbons (Fsp3) is 0.429. The number of benzene rings is 1. The van der Waals surface area contributed by atoms with E-state index in [0.29, 0.717) is 18.5 Å². The minimum atomic E-state index is 0.428. The number of hydrogen-bond acceptors (Lipinski definition) is 1. The van der Waals surface area contributed by atoms with Crippen molar-refractivity contribution in [1.29, 1.82) is 0 Å². The van der Waals surface area contributed by atoms with Crippen LogP contribution in [0.5, 0.6) is 0 Å². The molecule has 1 rings (SSSR count). The summed E-state index contributed by atoms with van der Waals surface area (Å²) >= 11 is 5.77. The second kappa shape index (κ2) is 7.33. The quantitative estimate of drug-likeness (QED) is 0.542. The summed E-state index contributed by atoms with van der Waals surface area (Å²) in [6, 6.07) is 10.9. The first-order valence-corrected chi connectivity index (χ1v) is 6.08. The largest absolute Gasteiger partial charge is 0.288 e. The first-order valence-electron chi connectivity index (χ1n) is 5.55. The summed E-state index contributed by atoms with van der Waals surface area (Å²) in [5.41, 5.74) is 1.34. The van der Waals surface area contributed by atoms with Crippen molar-refractivity contribution >= 4 is 11.6 Å². The number of hydrogen-bond donors (Lipinski definition) is 0. The third-order valence-corrected chi connectivity index (χ3v) is 2.83. The molecule has 0 saturated heterocycles. The Kier molecular flexibility index (Phi) is 6.00. The highest BCUT2D eigenvalue weighted by Crippen LogP contribution is 2.08. The molecule has 1 aromatic rings. The van der Waals surface area contributed by atoms with E-state index in [-0.39, 0.29) is 0 Å². The fourth-order valence-corrected chi connectivity index (χ4v) is 1.98. The molecule has 1 nitrogen and oxygen atoms in total. The lowest BCUT2D eigenvalue weighted by atomic mass is 10.1. The zero-order valence-electron chi connectivity index (χ0n) is 9.70. The number of alkyl halides is 1. The van der Waals surface area contributed by atoms with Crippen LogP contribution in [0.15, 0.2) is 30.3 Å². The first-order chi connectivity index (χ1) is 7.77. The van der Waals surface area contributed by atoms with E-state index < -0.39 is 0 Å². The first kappa shape index (κ1) is 13.1. The zero-order chi connectivity index (χ0) is 11.8. The molecule has 0 aliphatic rings. The Labute approximate surface area is 103 Å². The van der Waals surface area contributed by atoms with E-state index in [1.807, 2.05) is 6.07 Å². The zero-order valence-corrected chi connectivity index (χ0v) is 10.5. The van der Waals surface area contributed by atoms with Crippen molar-refractivity contribution in [3.63, 3.8) is 0 Å². The van der Waals surface area contributed by atoms with Crippen molar-refractivity contribution in [2.24, 2.45) is 0 Å². The summed E-state index contributed by atoms with van der Waals surface area (Å²) in [5, 5.41) is 0. The van der Waals surface area contributed by atoms with Crippen LogP contribution in [-0.2, 0) is 6.42 Å². The van der Waals surface area contributed by atoms with Crippen LogP contribution in [0.2, 0.25) is 0 Å². The minimum absolute atomic E-state index is 0.428. The van der Waals surface area contributed by atoms with E-state index >= 15 is 0 Å². The smallest absolute Gasteiger partial charge is 0.0601 e. The molecular formula is C14H18ClN. The van der Waals surface area contributed by atoms with Crippen LogP contribution in [0, 0.1) is 12.3 Å². The van der Waals surface area contributed by atoms with Crippen LogP contribution in [0.1, 0.15) is 12.5 Å². The highest BCUT2D eigenvalue weighted by atomic mass is 35.5. The standard InChI is InChI=1S/C14H18ClN/c1-3-10-16(11-9-15)13(2)12-14-7-5-4-6-8-14/h1,4-8,13H,9-12H2,2H3. The molecule has 1 aromatic carbocycles. The van der Waals surface area contributed by atoms with Crippen LogP contribution in [-0.4, -0.2) is 29.9 Å². The van der Waals surface area contributed by atoms with E-state index in [4.69, 9.17) is 18.0 Å². The molecule has 16 heavy (non-hydrogen) atoms. The van der Waals surface area contributed by atoms with Gasteiger partial charge >= 0.3 is 0 Å². The average Bonchev–Trinajstić information content (AvgIpc) is 2.30. The van der Waals surface area contributed by atoms with Gasteiger partial charge in [-0.3, -0.25) is 4.90 Å². The second-order valence-corrected chi connectivity index (χ2v) is 4.28. The number of terminal acetylenes is 1. The molecular weight excluding hydrogens is 218 g/mol. The highest BCUT2D eigenvalue weighted by Gasteiger charge is 2.12. The van der Waals surface area contributed by atoms with Crippen molar-refractivity contribution < 1.29 is 0 Å². The van der Waals surface area contributed by atoms with Crippen molar-refractivity contribution in [3.05, 3.63) is 35.9 Å². The van der Waals surface area contributed by atoms with Crippen molar-refractivity contribution in [3.8, 4) is 12.3 Å². The van der Waals surface area contributed by atoms with Gasteiger partial charge in [-0.05, 0) is 18.9 Å². The van der Waals surface area contributed by atoms with Gasteiger partial charge in [-0.15, -0.1) is 18.0 Å². The molecule has 0 bridgehead atoms. The lowest BCUT2D eigenvalue weighted by Gasteiger charge is -2.26. The van der Waals surface area contributed by atoms with Crippen LogP contribution < -0.4 is 0 Å². The number of halogens is 1. The Morgan fingerprint density at radius 3 is 2.62 bits per heavy atom. The third kappa shape index (κ3) is 4.26. The summed E-state index contributed by atoms with van der Waals surface area (Å²) in [6.45, 7) is 3.71. The summed E-state index contributed by atoms with van der Waals surface area (Å²) < 4.78 is 0. The fourth-order valence-electron chi connectivity index (χ4n) is 1.77. The van der Waals surface area contributed by atoms with E-state index in [0.717, 1.165) is 13.0 Å². The maximum Gasteiger partial charge on any atom is 0.0601 e.